The highest BCUT2D eigenvalue weighted by Crippen LogP contribution is 2.16. The van der Waals surface area contributed by atoms with Crippen molar-refractivity contribution in [2.75, 3.05) is 6.61 Å². The lowest BCUT2D eigenvalue weighted by Gasteiger charge is -2.12. The molecule has 0 amide bonds. The van der Waals surface area contributed by atoms with Gasteiger partial charge in [0.2, 0.25) is 0 Å². The highest BCUT2D eigenvalue weighted by molar-refractivity contribution is 5.90. The van der Waals surface area contributed by atoms with Crippen molar-refractivity contribution in [1.82, 2.24) is 0 Å². The van der Waals surface area contributed by atoms with Crippen LogP contribution in [-0.4, -0.2) is 12.4 Å². The molecule has 2 nitrogen and oxygen atoms in total. The normalized spacial score (nSPS) is 16.6. The zero-order valence-corrected chi connectivity index (χ0v) is 7.92. The molecule has 0 aliphatic heterocycles. The quantitative estimate of drug-likeness (QED) is 0.480. The third-order valence-corrected chi connectivity index (χ3v) is 2.01. The molecule has 1 aliphatic carbocycles. The Morgan fingerprint density at radius 1 is 1.54 bits per heavy atom. The maximum absolute atomic E-state index is 11.0. The van der Waals surface area contributed by atoms with Crippen LogP contribution in [-0.2, 0) is 9.53 Å². The van der Waals surface area contributed by atoms with Crippen LogP contribution in [0.1, 0.15) is 32.1 Å². The minimum Gasteiger partial charge on any atom is -0.498 e. The van der Waals surface area contributed by atoms with Crippen LogP contribution in [0.3, 0.4) is 0 Å². The maximum atomic E-state index is 11.0. The first kappa shape index (κ1) is 10.0. The molecule has 0 N–H and O–H groups in total. The second kappa shape index (κ2) is 5.57. The smallest absolute Gasteiger partial charge is 0.159 e. The van der Waals surface area contributed by atoms with Gasteiger partial charge in [-0.25, -0.2) is 0 Å². The number of carbonyl (C=O) groups is 1. The molecule has 0 atom stereocenters. The Balaban J connectivity index is 2.20. The molecule has 0 fully saturated rings. The van der Waals surface area contributed by atoms with Gasteiger partial charge in [0, 0.05) is 18.9 Å². The predicted octanol–water partition coefficient (Wildman–Crippen LogP) is 2.61. The number of ether oxygens (including phenoxy) is 1. The van der Waals surface area contributed by atoms with E-state index in [0.717, 1.165) is 31.4 Å². The summed E-state index contributed by atoms with van der Waals surface area (Å²) in [4.78, 5) is 11.0. The first-order chi connectivity index (χ1) is 6.33. The fourth-order valence-corrected chi connectivity index (χ4v) is 1.31. The summed E-state index contributed by atoms with van der Waals surface area (Å²) in [7, 11) is 0. The predicted molar refractivity (Wildman–Crippen MR) is 52.3 cm³/mol. The Labute approximate surface area is 79.3 Å². The Bertz CT molecular complexity index is 216. The number of ketones is 1. The van der Waals surface area contributed by atoms with Crippen LogP contribution in [0.25, 0.3) is 0 Å². The molecule has 72 valence electrons. The van der Waals surface area contributed by atoms with E-state index in [4.69, 9.17) is 4.74 Å². The minimum atomic E-state index is 0.199. The van der Waals surface area contributed by atoms with Gasteiger partial charge in [-0.1, -0.05) is 6.08 Å². The summed E-state index contributed by atoms with van der Waals surface area (Å²) in [5.41, 5.74) is 0. The number of unbranched alkanes of at least 4 members (excludes halogenated alkanes) is 1. The average Bonchev–Trinajstić information content (AvgIpc) is 2.13. The summed E-state index contributed by atoms with van der Waals surface area (Å²) in [6.45, 7) is 4.33. The molecule has 0 unspecified atom stereocenters. The van der Waals surface area contributed by atoms with E-state index in [-0.39, 0.29) is 5.78 Å². The van der Waals surface area contributed by atoms with Crippen LogP contribution < -0.4 is 0 Å². The first-order valence-electron chi connectivity index (χ1n) is 4.80. The van der Waals surface area contributed by atoms with Crippen molar-refractivity contribution >= 4 is 5.78 Å². The fourth-order valence-electron chi connectivity index (χ4n) is 1.31. The van der Waals surface area contributed by atoms with Crippen molar-refractivity contribution < 1.29 is 9.53 Å². The molecule has 2 heteroatoms. The molecule has 0 heterocycles. The molecule has 0 aromatic carbocycles. The minimum absolute atomic E-state index is 0.199. The van der Waals surface area contributed by atoms with Crippen molar-refractivity contribution in [3.63, 3.8) is 0 Å². The van der Waals surface area contributed by atoms with Gasteiger partial charge in [0.1, 0.15) is 0 Å². The molecular weight excluding hydrogens is 164 g/mol. The van der Waals surface area contributed by atoms with E-state index in [9.17, 15) is 4.79 Å². The summed E-state index contributed by atoms with van der Waals surface area (Å²) >= 11 is 0. The molecule has 0 aromatic heterocycles. The van der Waals surface area contributed by atoms with Crippen LogP contribution in [0.5, 0.6) is 0 Å². The monoisotopic (exact) mass is 180 g/mol. The summed E-state index contributed by atoms with van der Waals surface area (Å²) in [6, 6.07) is 0. The molecule has 0 saturated carbocycles. The number of carbonyl (C=O) groups excluding carboxylic acids is 1. The topological polar surface area (TPSA) is 26.3 Å². The fraction of sp³-hybridized carbons (Fsp3) is 0.545. The lowest BCUT2D eigenvalue weighted by atomic mass is 10.1. The zero-order valence-electron chi connectivity index (χ0n) is 7.92. The van der Waals surface area contributed by atoms with Crippen molar-refractivity contribution in [3.05, 3.63) is 24.5 Å². The molecule has 1 rings (SSSR count). The summed E-state index contributed by atoms with van der Waals surface area (Å²) in [6.07, 6.45) is 8.00. The van der Waals surface area contributed by atoms with Gasteiger partial charge in [0.05, 0.1) is 12.4 Å². The van der Waals surface area contributed by atoms with E-state index in [1.807, 2.05) is 6.08 Å². The van der Waals surface area contributed by atoms with Gasteiger partial charge in [0.15, 0.2) is 5.78 Å². The number of hydrogen-bond acceptors (Lipinski definition) is 2. The SMILES string of the molecule is C=CCCCOC1=CC(=O)CCC1. The number of hydrogen-bond donors (Lipinski definition) is 0. The Kier molecular flexibility index (Phi) is 4.30. The second-order valence-corrected chi connectivity index (χ2v) is 3.21. The lowest BCUT2D eigenvalue weighted by molar-refractivity contribution is -0.115. The molecular formula is C11H16O2. The Morgan fingerprint density at radius 2 is 2.38 bits per heavy atom. The van der Waals surface area contributed by atoms with Gasteiger partial charge in [-0.15, -0.1) is 6.58 Å². The Morgan fingerprint density at radius 3 is 3.08 bits per heavy atom. The van der Waals surface area contributed by atoms with Gasteiger partial charge < -0.3 is 4.74 Å². The van der Waals surface area contributed by atoms with Crippen LogP contribution >= 0.6 is 0 Å². The molecule has 0 bridgehead atoms. The average molecular weight is 180 g/mol. The summed E-state index contributed by atoms with van der Waals surface area (Å²) < 4.78 is 5.45. The van der Waals surface area contributed by atoms with Gasteiger partial charge in [0.25, 0.3) is 0 Å². The summed E-state index contributed by atoms with van der Waals surface area (Å²) in [5.74, 6) is 1.06. The Hall–Kier alpha value is -1.05. The largest absolute Gasteiger partial charge is 0.498 e. The third kappa shape index (κ3) is 3.92. The molecule has 1 aliphatic rings. The van der Waals surface area contributed by atoms with Crippen LogP contribution in [0.15, 0.2) is 24.5 Å². The standard InChI is InChI=1S/C11H16O2/c1-2-3-4-8-13-11-7-5-6-10(12)9-11/h2,9H,1,3-8H2. The lowest BCUT2D eigenvalue weighted by Crippen LogP contribution is -2.05. The van der Waals surface area contributed by atoms with Crippen LogP contribution in [0.4, 0.5) is 0 Å². The van der Waals surface area contributed by atoms with E-state index in [1.165, 1.54) is 0 Å². The van der Waals surface area contributed by atoms with Crippen molar-refractivity contribution in [1.29, 1.82) is 0 Å². The van der Waals surface area contributed by atoms with E-state index < -0.39 is 0 Å². The first-order valence-corrected chi connectivity index (χ1v) is 4.80. The molecule has 0 aromatic rings. The highest BCUT2D eigenvalue weighted by atomic mass is 16.5. The van der Waals surface area contributed by atoms with Crippen molar-refractivity contribution in [3.8, 4) is 0 Å². The van der Waals surface area contributed by atoms with E-state index in [2.05, 4.69) is 6.58 Å². The number of allylic oxidation sites excluding steroid dienone is 3. The molecule has 0 saturated heterocycles. The van der Waals surface area contributed by atoms with E-state index >= 15 is 0 Å². The molecule has 0 spiro atoms. The number of rotatable bonds is 5. The van der Waals surface area contributed by atoms with Crippen molar-refractivity contribution in [2.45, 2.75) is 32.1 Å². The maximum Gasteiger partial charge on any atom is 0.159 e. The third-order valence-electron chi connectivity index (χ3n) is 2.01. The molecule has 0 radical (unpaired) electrons. The van der Waals surface area contributed by atoms with Crippen molar-refractivity contribution in [2.24, 2.45) is 0 Å². The zero-order chi connectivity index (χ0) is 9.52. The second-order valence-electron chi connectivity index (χ2n) is 3.21. The summed E-state index contributed by atoms with van der Waals surface area (Å²) in [5, 5.41) is 0. The van der Waals surface area contributed by atoms with E-state index in [1.54, 1.807) is 6.08 Å². The van der Waals surface area contributed by atoms with Crippen LogP contribution in [0.2, 0.25) is 0 Å². The molecule has 13 heavy (non-hydrogen) atoms. The van der Waals surface area contributed by atoms with Crippen LogP contribution in [0, 0.1) is 0 Å². The van der Waals surface area contributed by atoms with Gasteiger partial charge >= 0.3 is 0 Å². The van der Waals surface area contributed by atoms with Gasteiger partial charge in [-0.05, 0) is 19.3 Å². The highest BCUT2D eigenvalue weighted by Gasteiger charge is 2.09. The van der Waals surface area contributed by atoms with E-state index in [0.29, 0.717) is 13.0 Å². The van der Waals surface area contributed by atoms with Gasteiger partial charge in [-0.3, -0.25) is 4.79 Å². The van der Waals surface area contributed by atoms with Gasteiger partial charge in [-0.2, -0.15) is 0 Å².